The number of allylic oxidation sites excluding steroid dienone is 4. The Balaban J connectivity index is 2.82. The van der Waals surface area contributed by atoms with Crippen molar-refractivity contribution in [3.05, 3.63) is 34.5 Å². The average molecular weight is 330 g/mol. The van der Waals surface area contributed by atoms with Gasteiger partial charge in [-0.15, -0.1) is 18.0 Å². The van der Waals surface area contributed by atoms with Crippen LogP contribution in [0.1, 0.15) is 32.6 Å². The Hall–Kier alpha value is -0.650. The summed E-state index contributed by atoms with van der Waals surface area (Å²) in [5.74, 6) is 3.45. The van der Waals surface area contributed by atoms with E-state index in [1.807, 2.05) is 6.08 Å². The molecule has 0 fully saturated rings. The Kier molecular flexibility index (Phi) is 7.23. The van der Waals surface area contributed by atoms with Gasteiger partial charge in [-0.05, 0) is 18.9 Å². The molecule has 0 aliphatic carbocycles. The molecule has 0 unspecified atom stereocenters. The molecule has 0 bridgehead atoms. The maximum Gasteiger partial charge on any atom is 0.118 e. The van der Waals surface area contributed by atoms with Gasteiger partial charge in [-0.2, -0.15) is 0 Å². The van der Waals surface area contributed by atoms with E-state index in [1.54, 1.807) is 6.08 Å². The summed E-state index contributed by atoms with van der Waals surface area (Å²) in [4.78, 5) is 0. The molecule has 0 aromatic rings. The fourth-order valence-electron chi connectivity index (χ4n) is 1.71. The second kappa shape index (κ2) is 8.45. The predicted octanol–water partition coefficient (Wildman–Crippen LogP) is 4.93. The average Bonchev–Trinajstić information content (AvgIpc) is 2.37. The largest absolute Gasteiger partial charge is 0.492 e. The van der Waals surface area contributed by atoms with E-state index in [0.29, 0.717) is 0 Å². The van der Waals surface area contributed by atoms with E-state index < -0.39 is 0 Å². The molecular formula is C15H18BrClO. The van der Waals surface area contributed by atoms with Gasteiger partial charge in [0.15, 0.2) is 0 Å². The van der Waals surface area contributed by atoms with Crippen molar-refractivity contribution < 1.29 is 4.74 Å². The number of hydrogen-bond donors (Lipinski definition) is 0. The van der Waals surface area contributed by atoms with Gasteiger partial charge in [0.05, 0.1) is 5.38 Å². The van der Waals surface area contributed by atoms with Crippen molar-refractivity contribution in [2.75, 3.05) is 0 Å². The lowest BCUT2D eigenvalue weighted by molar-refractivity contribution is 0.108. The molecule has 0 radical (unpaired) electrons. The number of ether oxygens (including phenoxy) is 1. The van der Waals surface area contributed by atoms with Crippen LogP contribution in [0.3, 0.4) is 0 Å². The first-order chi connectivity index (χ1) is 8.69. The highest BCUT2D eigenvalue weighted by atomic mass is 79.9. The smallest absolute Gasteiger partial charge is 0.118 e. The molecule has 1 rings (SSSR count). The monoisotopic (exact) mass is 328 g/mol. The van der Waals surface area contributed by atoms with E-state index >= 15 is 0 Å². The number of terminal acetylenes is 1. The fraction of sp³-hybridized carbons (Fsp3) is 0.467. The van der Waals surface area contributed by atoms with Gasteiger partial charge in [-0.3, -0.25) is 0 Å². The molecule has 0 saturated heterocycles. The molecule has 3 heteroatoms. The maximum atomic E-state index is 6.35. The Labute approximate surface area is 123 Å². The van der Waals surface area contributed by atoms with Crippen LogP contribution in [0.5, 0.6) is 0 Å². The van der Waals surface area contributed by atoms with Crippen molar-refractivity contribution in [2.24, 2.45) is 0 Å². The first-order valence-corrected chi connectivity index (χ1v) is 7.36. The van der Waals surface area contributed by atoms with Crippen molar-refractivity contribution >= 4 is 27.5 Å². The fourth-order valence-corrected chi connectivity index (χ4v) is 2.22. The van der Waals surface area contributed by atoms with Crippen molar-refractivity contribution in [1.29, 1.82) is 0 Å². The van der Waals surface area contributed by atoms with Crippen LogP contribution in [0, 0.1) is 12.3 Å². The van der Waals surface area contributed by atoms with Crippen LogP contribution in [0.15, 0.2) is 34.5 Å². The maximum absolute atomic E-state index is 6.35. The van der Waals surface area contributed by atoms with Crippen LogP contribution in [0.2, 0.25) is 0 Å². The minimum atomic E-state index is -0.0321. The highest BCUT2D eigenvalue weighted by molar-refractivity contribution is 9.11. The van der Waals surface area contributed by atoms with Crippen LogP contribution in [-0.2, 0) is 4.74 Å². The molecule has 1 aliphatic rings. The molecule has 0 amide bonds. The van der Waals surface area contributed by atoms with Gasteiger partial charge >= 0.3 is 0 Å². The van der Waals surface area contributed by atoms with Crippen molar-refractivity contribution in [1.82, 2.24) is 0 Å². The van der Waals surface area contributed by atoms with E-state index in [2.05, 4.69) is 40.9 Å². The molecule has 0 saturated carbocycles. The standard InChI is InChI=1S/C15H18BrClO/c1-3-5-6-11-15-13(17)9-7-8-10-14(18-15)12(16)4-2/h1,5-8,13,15H,4,9-11H2,2H3/b6-5-,8-7?,14-12+/t13-,15-/m0/s1. The minimum absolute atomic E-state index is 0.0314. The van der Waals surface area contributed by atoms with Gasteiger partial charge in [-0.25, -0.2) is 0 Å². The Morgan fingerprint density at radius 1 is 1.67 bits per heavy atom. The first-order valence-electron chi connectivity index (χ1n) is 6.13. The van der Waals surface area contributed by atoms with Gasteiger partial charge in [0, 0.05) is 17.3 Å². The lowest BCUT2D eigenvalue weighted by Crippen LogP contribution is -2.25. The zero-order valence-corrected chi connectivity index (χ0v) is 12.9. The molecule has 0 N–H and O–H groups in total. The van der Waals surface area contributed by atoms with E-state index in [1.165, 1.54) is 0 Å². The van der Waals surface area contributed by atoms with Crippen molar-refractivity contribution in [3.8, 4) is 12.3 Å². The zero-order valence-electron chi connectivity index (χ0n) is 10.5. The highest BCUT2D eigenvalue weighted by Gasteiger charge is 2.22. The van der Waals surface area contributed by atoms with E-state index in [-0.39, 0.29) is 11.5 Å². The van der Waals surface area contributed by atoms with E-state index in [4.69, 9.17) is 22.8 Å². The summed E-state index contributed by atoms with van der Waals surface area (Å²) in [6.07, 6.45) is 16.3. The molecule has 0 aromatic carbocycles. The van der Waals surface area contributed by atoms with Gasteiger partial charge in [-0.1, -0.05) is 47.0 Å². The molecule has 1 aliphatic heterocycles. The quantitative estimate of drug-likeness (QED) is 0.405. The van der Waals surface area contributed by atoms with Crippen LogP contribution in [0.25, 0.3) is 0 Å². The SMILES string of the molecule is C#C/C=C\C[C@@H]1O/C(=C(/Br)CC)CC=CC[C@@H]1Cl. The number of hydrogen-bond acceptors (Lipinski definition) is 1. The van der Waals surface area contributed by atoms with Crippen molar-refractivity contribution in [2.45, 2.75) is 44.1 Å². The molecule has 0 spiro atoms. The Morgan fingerprint density at radius 3 is 3.11 bits per heavy atom. The third-order valence-electron chi connectivity index (χ3n) is 2.72. The molecule has 98 valence electrons. The molecule has 18 heavy (non-hydrogen) atoms. The van der Waals surface area contributed by atoms with Crippen LogP contribution >= 0.6 is 27.5 Å². The Morgan fingerprint density at radius 2 is 2.44 bits per heavy atom. The second-order valence-corrected chi connectivity index (χ2v) is 5.59. The summed E-state index contributed by atoms with van der Waals surface area (Å²) in [6, 6.07) is 0. The summed E-state index contributed by atoms with van der Waals surface area (Å²) >= 11 is 9.91. The predicted molar refractivity (Wildman–Crippen MR) is 81.7 cm³/mol. The molecule has 1 nitrogen and oxygen atoms in total. The Bertz CT molecular complexity index is 390. The van der Waals surface area contributed by atoms with Crippen LogP contribution in [0.4, 0.5) is 0 Å². The zero-order chi connectivity index (χ0) is 13.4. The second-order valence-electron chi connectivity index (χ2n) is 4.07. The van der Waals surface area contributed by atoms with Crippen molar-refractivity contribution in [3.63, 3.8) is 0 Å². The summed E-state index contributed by atoms with van der Waals surface area (Å²) in [7, 11) is 0. The minimum Gasteiger partial charge on any atom is -0.492 e. The molecule has 2 atom stereocenters. The van der Waals surface area contributed by atoms with E-state index in [9.17, 15) is 0 Å². The summed E-state index contributed by atoms with van der Waals surface area (Å²) in [5, 5.41) is -0.0314. The highest BCUT2D eigenvalue weighted by Crippen LogP contribution is 2.28. The topological polar surface area (TPSA) is 9.23 Å². The lowest BCUT2D eigenvalue weighted by Gasteiger charge is -2.25. The summed E-state index contributed by atoms with van der Waals surface area (Å²) < 4.78 is 7.13. The lowest BCUT2D eigenvalue weighted by atomic mass is 10.1. The number of alkyl halides is 1. The van der Waals surface area contributed by atoms with Gasteiger partial charge in [0.1, 0.15) is 11.9 Å². The van der Waals surface area contributed by atoms with Gasteiger partial charge in [0.25, 0.3) is 0 Å². The van der Waals surface area contributed by atoms with Gasteiger partial charge < -0.3 is 4.74 Å². The normalized spacial score (nSPS) is 27.2. The van der Waals surface area contributed by atoms with Crippen LogP contribution in [-0.4, -0.2) is 11.5 Å². The third-order valence-corrected chi connectivity index (χ3v) is 4.19. The molecule has 0 aromatic heterocycles. The first kappa shape index (κ1) is 15.4. The van der Waals surface area contributed by atoms with Gasteiger partial charge in [0.2, 0.25) is 0 Å². The molecule has 1 heterocycles. The molecular weight excluding hydrogens is 312 g/mol. The number of rotatable bonds is 3. The van der Waals surface area contributed by atoms with E-state index in [0.717, 1.165) is 35.9 Å². The third kappa shape index (κ3) is 4.92. The summed E-state index contributed by atoms with van der Waals surface area (Å²) in [6.45, 7) is 2.09. The number of halogens is 2. The van der Waals surface area contributed by atoms with Crippen LogP contribution < -0.4 is 0 Å². The summed E-state index contributed by atoms with van der Waals surface area (Å²) in [5.41, 5.74) is 0.